The summed E-state index contributed by atoms with van der Waals surface area (Å²) in [6.45, 7) is 0. The Bertz CT molecular complexity index is 505. The lowest BCUT2D eigenvalue weighted by molar-refractivity contribution is 0.110. The number of carbonyl (C=O) groups excluding carboxylic acids is 1. The molecule has 1 aromatic heterocycles. The first kappa shape index (κ1) is 10.5. The van der Waals surface area contributed by atoms with Crippen molar-refractivity contribution in [2.75, 3.05) is 0 Å². The Morgan fingerprint density at radius 1 is 1.27 bits per heavy atom. The van der Waals surface area contributed by atoms with E-state index in [2.05, 4.69) is 15.9 Å². The lowest BCUT2D eigenvalue weighted by Gasteiger charge is -1.99. The first-order valence-corrected chi connectivity index (χ1v) is 5.38. The van der Waals surface area contributed by atoms with Gasteiger partial charge in [-0.25, -0.2) is 0 Å². The summed E-state index contributed by atoms with van der Waals surface area (Å²) in [4.78, 5) is 10.4. The molecule has 0 fully saturated rings. The zero-order valence-electron chi connectivity index (χ0n) is 7.54. The number of halogens is 2. The van der Waals surface area contributed by atoms with E-state index in [9.17, 15) is 4.79 Å². The number of carbonyl (C=O) groups is 1. The van der Waals surface area contributed by atoms with Gasteiger partial charge in [0.25, 0.3) is 0 Å². The fourth-order valence-corrected chi connectivity index (χ4v) is 1.72. The van der Waals surface area contributed by atoms with Crippen molar-refractivity contribution >= 4 is 33.8 Å². The van der Waals surface area contributed by atoms with E-state index in [0.717, 1.165) is 10.0 Å². The second-order valence-corrected chi connectivity index (χ2v) is 4.21. The van der Waals surface area contributed by atoms with Gasteiger partial charge in [-0.05, 0) is 46.3 Å². The maximum atomic E-state index is 10.4. The van der Waals surface area contributed by atoms with Crippen LogP contribution in [-0.4, -0.2) is 6.29 Å². The quantitative estimate of drug-likeness (QED) is 0.775. The Morgan fingerprint density at radius 2 is 2.07 bits per heavy atom. The Balaban J connectivity index is 2.44. The highest BCUT2D eigenvalue weighted by Crippen LogP contribution is 2.29. The summed E-state index contributed by atoms with van der Waals surface area (Å²) < 4.78 is 6.08. The lowest BCUT2D eigenvalue weighted by atomic mass is 10.2. The second kappa shape index (κ2) is 4.21. The molecule has 1 heterocycles. The normalized spacial score (nSPS) is 10.3. The maximum Gasteiger partial charge on any atom is 0.185 e. The third kappa shape index (κ3) is 2.13. The van der Waals surface area contributed by atoms with E-state index in [4.69, 9.17) is 16.0 Å². The number of aldehydes is 1. The van der Waals surface area contributed by atoms with Gasteiger partial charge in [-0.1, -0.05) is 11.6 Å². The highest BCUT2D eigenvalue weighted by molar-refractivity contribution is 9.10. The van der Waals surface area contributed by atoms with Crippen LogP contribution >= 0.6 is 27.5 Å². The van der Waals surface area contributed by atoms with Crippen molar-refractivity contribution in [2.45, 2.75) is 0 Å². The molecule has 0 saturated heterocycles. The van der Waals surface area contributed by atoms with E-state index < -0.39 is 0 Å². The van der Waals surface area contributed by atoms with Gasteiger partial charge in [-0.15, -0.1) is 0 Å². The maximum absolute atomic E-state index is 10.4. The molecule has 0 amide bonds. The van der Waals surface area contributed by atoms with Gasteiger partial charge in [0.2, 0.25) is 0 Å². The van der Waals surface area contributed by atoms with Crippen molar-refractivity contribution in [1.82, 2.24) is 0 Å². The topological polar surface area (TPSA) is 30.2 Å². The third-order valence-electron chi connectivity index (χ3n) is 1.95. The molecule has 2 rings (SSSR count). The summed E-state index contributed by atoms with van der Waals surface area (Å²) >= 11 is 9.19. The van der Waals surface area contributed by atoms with Crippen LogP contribution in [0.5, 0.6) is 0 Å². The molecule has 0 aliphatic rings. The molecular formula is C11H6BrClO2. The average Bonchev–Trinajstić information content (AvgIpc) is 2.70. The summed E-state index contributed by atoms with van der Waals surface area (Å²) in [6, 6.07) is 8.82. The van der Waals surface area contributed by atoms with Crippen LogP contribution in [0.15, 0.2) is 39.2 Å². The van der Waals surface area contributed by atoms with Crippen LogP contribution in [0.1, 0.15) is 10.6 Å². The van der Waals surface area contributed by atoms with Gasteiger partial charge < -0.3 is 4.42 Å². The van der Waals surface area contributed by atoms with Crippen molar-refractivity contribution in [1.29, 1.82) is 0 Å². The Labute approximate surface area is 100.0 Å². The van der Waals surface area contributed by atoms with Crippen LogP contribution in [0.4, 0.5) is 0 Å². The molecule has 15 heavy (non-hydrogen) atoms. The lowest BCUT2D eigenvalue weighted by Crippen LogP contribution is -1.75. The van der Waals surface area contributed by atoms with E-state index in [0.29, 0.717) is 22.8 Å². The van der Waals surface area contributed by atoms with Crippen molar-refractivity contribution in [3.8, 4) is 11.3 Å². The fraction of sp³-hybridized carbons (Fsp3) is 0. The third-order valence-corrected chi connectivity index (χ3v) is 3.16. The highest BCUT2D eigenvalue weighted by atomic mass is 79.9. The zero-order valence-corrected chi connectivity index (χ0v) is 9.88. The molecule has 0 unspecified atom stereocenters. The highest BCUT2D eigenvalue weighted by Gasteiger charge is 2.05. The van der Waals surface area contributed by atoms with Crippen LogP contribution < -0.4 is 0 Å². The molecule has 0 aliphatic heterocycles. The summed E-state index contributed by atoms with van der Waals surface area (Å²) in [5, 5.41) is 0.640. The smallest absolute Gasteiger partial charge is 0.185 e. The molecule has 0 N–H and O–H groups in total. The Hall–Kier alpha value is -1.06. The first-order chi connectivity index (χ1) is 7.20. The van der Waals surface area contributed by atoms with E-state index >= 15 is 0 Å². The van der Waals surface area contributed by atoms with Gasteiger partial charge >= 0.3 is 0 Å². The molecule has 2 aromatic rings. The molecule has 0 aliphatic carbocycles. The monoisotopic (exact) mass is 284 g/mol. The molecule has 0 spiro atoms. The van der Waals surface area contributed by atoms with Gasteiger partial charge in [0.1, 0.15) is 5.76 Å². The number of rotatable bonds is 2. The van der Waals surface area contributed by atoms with Gasteiger partial charge in [0, 0.05) is 10.0 Å². The predicted octanol–water partition coefficient (Wildman–Crippen LogP) is 4.18. The SMILES string of the molecule is O=Cc1ccc(-c2ccc(Cl)c(Br)c2)o1. The molecule has 0 bridgehead atoms. The summed E-state index contributed by atoms with van der Waals surface area (Å²) in [7, 11) is 0. The molecule has 0 radical (unpaired) electrons. The molecule has 2 nitrogen and oxygen atoms in total. The Morgan fingerprint density at radius 3 is 2.67 bits per heavy atom. The minimum atomic E-state index is 0.316. The van der Waals surface area contributed by atoms with Crippen LogP contribution in [0.2, 0.25) is 5.02 Å². The van der Waals surface area contributed by atoms with E-state index in [1.807, 2.05) is 12.1 Å². The van der Waals surface area contributed by atoms with Crippen LogP contribution in [0.25, 0.3) is 11.3 Å². The van der Waals surface area contributed by atoms with Crippen LogP contribution in [-0.2, 0) is 0 Å². The van der Waals surface area contributed by atoms with Gasteiger partial charge in [0.05, 0.1) is 5.02 Å². The average molecular weight is 286 g/mol. The van der Waals surface area contributed by atoms with E-state index in [1.54, 1.807) is 18.2 Å². The van der Waals surface area contributed by atoms with Crippen molar-refractivity contribution in [2.24, 2.45) is 0 Å². The van der Waals surface area contributed by atoms with Crippen molar-refractivity contribution in [3.63, 3.8) is 0 Å². The summed E-state index contributed by atoms with van der Waals surface area (Å²) in [6.07, 6.45) is 0.675. The van der Waals surface area contributed by atoms with Gasteiger partial charge in [-0.3, -0.25) is 4.79 Å². The number of hydrogen-bond donors (Lipinski definition) is 0. The first-order valence-electron chi connectivity index (χ1n) is 4.21. The standard InChI is InChI=1S/C11H6BrClO2/c12-9-5-7(1-3-10(9)13)11-4-2-8(6-14)15-11/h1-6H. The summed E-state index contributed by atoms with van der Waals surface area (Å²) in [5.41, 5.74) is 0.874. The van der Waals surface area contributed by atoms with E-state index in [1.165, 1.54) is 0 Å². The molecule has 0 atom stereocenters. The number of hydrogen-bond acceptors (Lipinski definition) is 2. The number of furan rings is 1. The molecule has 4 heteroatoms. The van der Waals surface area contributed by atoms with Crippen LogP contribution in [0.3, 0.4) is 0 Å². The van der Waals surface area contributed by atoms with Crippen molar-refractivity contribution in [3.05, 3.63) is 45.6 Å². The van der Waals surface area contributed by atoms with Gasteiger partial charge in [-0.2, -0.15) is 0 Å². The minimum absolute atomic E-state index is 0.316. The van der Waals surface area contributed by atoms with E-state index in [-0.39, 0.29) is 0 Å². The Kier molecular flexibility index (Phi) is 2.93. The molecular weight excluding hydrogens is 279 g/mol. The van der Waals surface area contributed by atoms with Gasteiger partial charge in [0.15, 0.2) is 12.0 Å². The minimum Gasteiger partial charge on any atom is -0.453 e. The predicted molar refractivity (Wildman–Crippen MR) is 62.2 cm³/mol. The number of benzene rings is 1. The largest absolute Gasteiger partial charge is 0.453 e. The molecule has 76 valence electrons. The molecule has 1 aromatic carbocycles. The second-order valence-electron chi connectivity index (χ2n) is 2.95. The van der Waals surface area contributed by atoms with Crippen molar-refractivity contribution < 1.29 is 9.21 Å². The zero-order chi connectivity index (χ0) is 10.8. The fourth-order valence-electron chi connectivity index (χ4n) is 1.22. The summed E-state index contributed by atoms with van der Waals surface area (Å²) in [5.74, 6) is 0.963. The van der Waals surface area contributed by atoms with Crippen LogP contribution in [0, 0.1) is 0 Å². The molecule has 0 saturated carbocycles.